The summed E-state index contributed by atoms with van der Waals surface area (Å²) >= 11 is 0. The Morgan fingerprint density at radius 1 is 0.957 bits per heavy atom. The molecular formula is C15H22O8. The number of hydrogen-bond donors (Lipinski definition) is 0. The SMILES string of the molecule is C=C(CC(C(=O)OC)(C(=O)OC)C(=O)OC)C(=O)OC(C)CC. The molecule has 0 saturated carbocycles. The van der Waals surface area contributed by atoms with E-state index in [0.717, 1.165) is 21.3 Å². The Kier molecular flexibility index (Phi) is 7.99. The Balaban J connectivity index is 5.66. The lowest BCUT2D eigenvalue weighted by Gasteiger charge is -2.26. The summed E-state index contributed by atoms with van der Waals surface area (Å²) in [7, 11) is 2.97. The fourth-order valence-corrected chi connectivity index (χ4v) is 1.73. The average molecular weight is 330 g/mol. The summed E-state index contributed by atoms with van der Waals surface area (Å²) < 4.78 is 18.6. The Morgan fingerprint density at radius 2 is 1.35 bits per heavy atom. The number of methoxy groups -OCH3 is 3. The minimum absolute atomic E-state index is 0.258. The quantitative estimate of drug-likeness (QED) is 0.278. The van der Waals surface area contributed by atoms with E-state index in [1.165, 1.54) is 0 Å². The molecule has 0 aliphatic heterocycles. The minimum Gasteiger partial charge on any atom is -0.468 e. The first-order chi connectivity index (χ1) is 10.7. The predicted molar refractivity (Wildman–Crippen MR) is 78.1 cm³/mol. The van der Waals surface area contributed by atoms with Crippen molar-refractivity contribution in [1.82, 2.24) is 0 Å². The van der Waals surface area contributed by atoms with Crippen molar-refractivity contribution in [2.24, 2.45) is 5.41 Å². The van der Waals surface area contributed by atoms with Gasteiger partial charge in [-0.15, -0.1) is 0 Å². The maximum atomic E-state index is 12.1. The fourth-order valence-electron chi connectivity index (χ4n) is 1.73. The molecular weight excluding hydrogens is 308 g/mol. The largest absolute Gasteiger partial charge is 0.468 e. The average Bonchev–Trinajstić information content (AvgIpc) is 2.56. The van der Waals surface area contributed by atoms with Crippen LogP contribution in [0.1, 0.15) is 26.7 Å². The molecule has 0 heterocycles. The summed E-state index contributed by atoms with van der Waals surface area (Å²) in [5.74, 6) is -4.48. The van der Waals surface area contributed by atoms with E-state index in [-0.39, 0.29) is 11.7 Å². The molecule has 0 amide bonds. The van der Waals surface area contributed by atoms with Gasteiger partial charge < -0.3 is 18.9 Å². The summed E-state index contributed by atoms with van der Waals surface area (Å²) in [6, 6.07) is 0. The molecule has 0 aromatic carbocycles. The van der Waals surface area contributed by atoms with E-state index in [1.807, 2.05) is 6.92 Å². The summed E-state index contributed by atoms with van der Waals surface area (Å²) in [6.45, 7) is 6.95. The van der Waals surface area contributed by atoms with Gasteiger partial charge in [0.1, 0.15) is 0 Å². The molecule has 0 fully saturated rings. The molecule has 0 aromatic rings. The summed E-state index contributed by atoms with van der Waals surface area (Å²) in [5.41, 5.74) is -2.73. The van der Waals surface area contributed by atoms with Crippen LogP contribution < -0.4 is 0 Å². The third-order valence-corrected chi connectivity index (χ3v) is 3.25. The molecule has 23 heavy (non-hydrogen) atoms. The van der Waals surface area contributed by atoms with Crippen LogP contribution in [0.15, 0.2) is 12.2 Å². The van der Waals surface area contributed by atoms with Crippen molar-refractivity contribution in [3.8, 4) is 0 Å². The smallest absolute Gasteiger partial charge is 0.335 e. The van der Waals surface area contributed by atoms with Gasteiger partial charge in [0.15, 0.2) is 0 Å². The monoisotopic (exact) mass is 330 g/mol. The van der Waals surface area contributed by atoms with Crippen molar-refractivity contribution >= 4 is 23.9 Å². The first kappa shape index (κ1) is 20.6. The predicted octanol–water partition coefficient (Wildman–Crippen LogP) is 0.780. The van der Waals surface area contributed by atoms with Crippen LogP contribution in [0.25, 0.3) is 0 Å². The fraction of sp³-hybridized carbons (Fsp3) is 0.600. The van der Waals surface area contributed by atoms with Gasteiger partial charge in [-0.05, 0) is 13.3 Å². The van der Waals surface area contributed by atoms with Crippen LogP contribution in [-0.2, 0) is 38.1 Å². The Labute approximate surface area is 134 Å². The number of ether oxygens (including phenoxy) is 4. The van der Waals surface area contributed by atoms with E-state index in [9.17, 15) is 19.2 Å². The number of esters is 4. The highest BCUT2D eigenvalue weighted by atomic mass is 16.6. The third kappa shape index (κ3) is 4.54. The van der Waals surface area contributed by atoms with Crippen LogP contribution >= 0.6 is 0 Å². The van der Waals surface area contributed by atoms with E-state index in [4.69, 9.17) is 4.74 Å². The molecule has 0 spiro atoms. The van der Waals surface area contributed by atoms with Crippen molar-refractivity contribution in [1.29, 1.82) is 0 Å². The Bertz CT molecular complexity index is 453. The maximum Gasteiger partial charge on any atom is 0.335 e. The van der Waals surface area contributed by atoms with Crippen LogP contribution in [-0.4, -0.2) is 51.3 Å². The zero-order valence-electron chi connectivity index (χ0n) is 14.0. The van der Waals surface area contributed by atoms with E-state index >= 15 is 0 Å². The van der Waals surface area contributed by atoms with Gasteiger partial charge in [-0.3, -0.25) is 14.4 Å². The molecule has 0 bridgehead atoms. The second-order valence-electron chi connectivity index (χ2n) is 4.78. The van der Waals surface area contributed by atoms with E-state index in [1.54, 1.807) is 6.92 Å². The zero-order valence-corrected chi connectivity index (χ0v) is 14.0. The van der Waals surface area contributed by atoms with Gasteiger partial charge in [-0.25, -0.2) is 4.79 Å². The molecule has 0 saturated heterocycles. The maximum absolute atomic E-state index is 12.1. The summed E-state index contributed by atoms with van der Waals surface area (Å²) in [5, 5.41) is 0. The van der Waals surface area contributed by atoms with Crippen LogP contribution in [0, 0.1) is 5.41 Å². The highest BCUT2D eigenvalue weighted by Crippen LogP contribution is 2.31. The molecule has 0 aliphatic rings. The van der Waals surface area contributed by atoms with Crippen molar-refractivity contribution in [2.75, 3.05) is 21.3 Å². The van der Waals surface area contributed by atoms with Crippen molar-refractivity contribution in [3.05, 3.63) is 12.2 Å². The Morgan fingerprint density at radius 3 is 1.65 bits per heavy atom. The highest BCUT2D eigenvalue weighted by Gasteiger charge is 2.57. The molecule has 0 aromatic heterocycles. The topological polar surface area (TPSA) is 105 Å². The number of carbonyl (C=O) groups excluding carboxylic acids is 4. The molecule has 8 heteroatoms. The molecule has 130 valence electrons. The van der Waals surface area contributed by atoms with Gasteiger partial charge in [0.05, 0.1) is 27.4 Å². The molecule has 1 atom stereocenters. The van der Waals surface area contributed by atoms with Crippen molar-refractivity contribution in [3.63, 3.8) is 0 Å². The van der Waals surface area contributed by atoms with Gasteiger partial charge >= 0.3 is 23.9 Å². The van der Waals surface area contributed by atoms with Gasteiger partial charge in [0, 0.05) is 12.0 Å². The lowest BCUT2D eigenvalue weighted by Crippen LogP contribution is -2.49. The standard InChI is InChI=1S/C15H22O8/c1-7-10(3)23-11(16)9(2)8-15(12(17)20-4,13(18)21-5)14(19)22-6/h10H,2,7-8H2,1,3-6H3. The van der Waals surface area contributed by atoms with Crippen LogP contribution in [0.5, 0.6) is 0 Å². The van der Waals surface area contributed by atoms with Gasteiger partial charge in [-0.1, -0.05) is 13.5 Å². The van der Waals surface area contributed by atoms with Crippen molar-refractivity contribution in [2.45, 2.75) is 32.8 Å². The second-order valence-corrected chi connectivity index (χ2v) is 4.78. The minimum atomic E-state index is -2.47. The molecule has 8 nitrogen and oxygen atoms in total. The highest BCUT2D eigenvalue weighted by molar-refractivity contribution is 6.18. The lowest BCUT2D eigenvalue weighted by molar-refractivity contribution is -0.180. The van der Waals surface area contributed by atoms with E-state index in [2.05, 4.69) is 20.8 Å². The van der Waals surface area contributed by atoms with Gasteiger partial charge in [0.25, 0.3) is 5.41 Å². The van der Waals surface area contributed by atoms with Crippen LogP contribution in [0.2, 0.25) is 0 Å². The molecule has 1 unspecified atom stereocenters. The number of carbonyl (C=O) groups is 4. The van der Waals surface area contributed by atoms with Crippen molar-refractivity contribution < 1.29 is 38.1 Å². The lowest BCUT2D eigenvalue weighted by atomic mass is 9.81. The van der Waals surface area contributed by atoms with Gasteiger partial charge in [0.2, 0.25) is 0 Å². The summed E-state index contributed by atoms with van der Waals surface area (Å²) in [6.07, 6.45) is -0.494. The number of rotatable bonds is 8. The second kappa shape index (κ2) is 8.92. The van der Waals surface area contributed by atoms with E-state index < -0.39 is 35.7 Å². The molecule has 0 rings (SSSR count). The third-order valence-electron chi connectivity index (χ3n) is 3.25. The Hall–Kier alpha value is -2.38. The first-order valence-corrected chi connectivity index (χ1v) is 6.85. The number of hydrogen-bond acceptors (Lipinski definition) is 8. The normalized spacial score (nSPS) is 11.9. The molecule has 0 N–H and O–H groups in total. The van der Waals surface area contributed by atoms with E-state index in [0.29, 0.717) is 6.42 Å². The van der Waals surface area contributed by atoms with Crippen LogP contribution in [0.3, 0.4) is 0 Å². The summed E-state index contributed by atoms with van der Waals surface area (Å²) in [4.78, 5) is 48.1. The van der Waals surface area contributed by atoms with Crippen LogP contribution in [0.4, 0.5) is 0 Å². The zero-order chi connectivity index (χ0) is 18.2. The first-order valence-electron chi connectivity index (χ1n) is 6.85. The molecule has 0 radical (unpaired) electrons. The van der Waals surface area contributed by atoms with Gasteiger partial charge in [-0.2, -0.15) is 0 Å². The molecule has 0 aliphatic carbocycles.